The minimum atomic E-state index is -0.433. The summed E-state index contributed by atoms with van der Waals surface area (Å²) >= 11 is 0. The summed E-state index contributed by atoms with van der Waals surface area (Å²) in [6.07, 6.45) is 0.652. The molecule has 3 nitrogen and oxygen atoms in total. The van der Waals surface area contributed by atoms with Crippen molar-refractivity contribution in [2.24, 2.45) is 5.73 Å². The Labute approximate surface area is 126 Å². The van der Waals surface area contributed by atoms with Gasteiger partial charge in [0.2, 0.25) is 5.91 Å². The molecule has 0 aliphatic carbocycles. The van der Waals surface area contributed by atoms with Crippen LogP contribution in [0, 0.1) is 0 Å². The first kappa shape index (κ1) is 15.3. The highest BCUT2D eigenvalue weighted by atomic mass is 16.2. The fourth-order valence-corrected chi connectivity index (χ4v) is 2.23. The molecule has 0 saturated carbocycles. The molecule has 0 aromatic heterocycles. The van der Waals surface area contributed by atoms with Crippen molar-refractivity contribution < 1.29 is 4.79 Å². The quantitative estimate of drug-likeness (QED) is 0.885. The van der Waals surface area contributed by atoms with Crippen molar-refractivity contribution in [3.8, 4) is 0 Å². The molecule has 0 fully saturated rings. The second-order valence-corrected chi connectivity index (χ2v) is 5.18. The van der Waals surface area contributed by atoms with Crippen LogP contribution >= 0.6 is 0 Å². The van der Waals surface area contributed by atoms with Crippen LogP contribution in [-0.4, -0.2) is 16.8 Å². The molecule has 1 amide bonds. The number of benzene rings is 2. The molecule has 0 aliphatic heterocycles. The van der Waals surface area contributed by atoms with Gasteiger partial charge in [0.25, 0.3) is 0 Å². The fourth-order valence-electron chi connectivity index (χ4n) is 2.23. The molecule has 0 unspecified atom stereocenters. The second kappa shape index (κ2) is 7.60. The van der Waals surface area contributed by atoms with Crippen molar-refractivity contribution in [3.05, 3.63) is 71.8 Å². The molecule has 0 radical (unpaired) electrons. The summed E-state index contributed by atoms with van der Waals surface area (Å²) < 4.78 is 0. The number of hydrogen-bond acceptors (Lipinski definition) is 2. The summed E-state index contributed by atoms with van der Waals surface area (Å²) in [5.74, 6) is 0.00482. The lowest BCUT2D eigenvalue weighted by molar-refractivity contribution is -0.133. The van der Waals surface area contributed by atoms with Gasteiger partial charge in [-0.05, 0) is 17.5 Å². The third-order valence-electron chi connectivity index (χ3n) is 3.50. The third kappa shape index (κ3) is 4.43. The monoisotopic (exact) mass is 282 g/mol. The molecule has 21 heavy (non-hydrogen) atoms. The van der Waals surface area contributed by atoms with Crippen molar-refractivity contribution >= 4 is 5.91 Å². The van der Waals surface area contributed by atoms with Gasteiger partial charge in [-0.1, -0.05) is 67.6 Å². The lowest BCUT2D eigenvalue weighted by atomic mass is 10.1. The second-order valence-electron chi connectivity index (χ2n) is 5.18. The normalized spacial score (nSPS) is 11.9. The van der Waals surface area contributed by atoms with E-state index in [0.717, 1.165) is 11.1 Å². The minimum Gasteiger partial charge on any atom is -0.333 e. The Morgan fingerprint density at radius 3 is 1.76 bits per heavy atom. The van der Waals surface area contributed by atoms with Gasteiger partial charge in [-0.25, -0.2) is 0 Å². The number of rotatable bonds is 6. The van der Waals surface area contributed by atoms with E-state index in [1.54, 1.807) is 0 Å². The van der Waals surface area contributed by atoms with Crippen LogP contribution in [0.4, 0.5) is 0 Å². The molecule has 0 heterocycles. The van der Waals surface area contributed by atoms with Gasteiger partial charge in [0, 0.05) is 13.1 Å². The fraction of sp³-hybridized carbons (Fsp3) is 0.278. The molecule has 2 rings (SSSR count). The Hall–Kier alpha value is -2.13. The van der Waals surface area contributed by atoms with Crippen molar-refractivity contribution in [1.82, 2.24) is 4.90 Å². The van der Waals surface area contributed by atoms with E-state index in [-0.39, 0.29) is 5.91 Å². The van der Waals surface area contributed by atoms with E-state index >= 15 is 0 Å². The van der Waals surface area contributed by atoms with Crippen LogP contribution in [0.3, 0.4) is 0 Å². The average Bonchev–Trinajstić information content (AvgIpc) is 2.54. The molecule has 0 bridgehead atoms. The van der Waals surface area contributed by atoms with Crippen LogP contribution in [0.15, 0.2) is 60.7 Å². The summed E-state index contributed by atoms with van der Waals surface area (Å²) in [6, 6.07) is 19.6. The van der Waals surface area contributed by atoms with Crippen molar-refractivity contribution in [2.75, 3.05) is 0 Å². The molecule has 2 aromatic rings. The molecule has 2 aromatic carbocycles. The molecular formula is C18H22N2O. The molecule has 0 spiro atoms. The van der Waals surface area contributed by atoms with Gasteiger partial charge in [-0.2, -0.15) is 0 Å². The van der Waals surface area contributed by atoms with Gasteiger partial charge in [0.05, 0.1) is 6.04 Å². The van der Waals surface area contributed by atoms with E-state index in [4.69, 9.17) is 5.73 Å². The van der Waals surface area contributed by atoms with Gasteiger partial charge >= 0.3 is 0 Å². The van der Waals surface area contributed by atoms with E-state index in [1.165, 1.54) is 0 Å². The zero-order valence-electron chi connectivity index (χ0n) is 12.4. The third-order valence-corrected chi connectivity index (χ3v) is 3.50. The summed E-state index contributed by atoms with van der Waals surface area (Å²) in [5.41, 5.74) is 8.17. The molecule has 1 atom stereocenters. The first-order chi connectivity index (χ1) is 10.2. The Morgan fingerprint density at radius 2 is 1.38 bits per heavy atom. The van der Waals surface area contributed by atoms with Crippen LogP contribution in [0.1, 0.15) is 24.5 Å². The highest BCUT2D eigenvalue weighted by molar-refractivity contribution is 5.81. The summed E-state index contributed by atoms with van der Waals surface area (Å²) in [6.45, 7) is 3.11. The number of carbonyl (C=O) groups excluding carboxylic acids is 1. The highest BCUT2D eigenvalue weighted by Gasteiger charge is 2.20. The van der Waals surface area contributed by atoms with Crippen LogP contribution < -0.4 is 5.73 Å². The highest BCUT2D eigenvalue weighted by Crippen LogP contribution is 2.12. The zero-order valence-corrected chi connectivity index (χ0v) is 12.4. The van der Waals surface area contributed by atoms with Gasteiger partial charge in [0.1, 0.15) is 0 Å². The van der Waals surface area contributed by atoms with Crippen LogP contribution in [0.25, 0.3) is 0 Å². The van der Waals surface area contributed by atoms with Gasteiger partial charge in [-0.15, -0.1) is 0 Å². The van der Waals surface area contributed by atoms with E-state index in [2.05, 4.69) is 0 Å². The lowest BCUT2D eigenvalue weighted by Gasteiger charge is -2.25. The maximum absolute atomic E-state index is 12.5. The number of nitrogens with two attached hydrogens (primary N) is 1. The van der Waals surface area contributed by atoms with Crippen molar-refractivity contribution in [1.29, 1.82) is 0 Å². The number of amides is 1. The Bertz CT molecular complexity index is 512. The summed E-state index contributed by atoms with van der Waals surface area (Å²) in [7, 11) is 0. The molecule has 3 heteroatoms. The topological polar surface area (TPSA) is 46.3 Å². The maximum Gasteiger partial charge on any atom is 0.240 e. The van der Waals surface area contributed by atoms with Crippen LogP contribution in [0.2, 0.25) is 0 Å². The van der Waals surface area contributed by atoms with Crippen LogP contribution in [-0.2, 0) is 17.9 Å². The summed E-state index contributed by atoms with van der Waals surface area (Å²) in [5, 5.41) is 0. The maximum atomic E-state index is 12.5. The zero-order chi connectivity index (χ0) is 15.1. The van der Waals surface area contributed by atoms with E-state index in [1.807, 2.05) is 72.5 Å². The number of nitrogens with zero attached hydrogens (tertiary/aromatic N) is 1. The lowest BCUT2D eigenvalue weighted by Crippen LogP contribution is -2.42. The van der Waals surface area contributed by atoms with Crippen molar-refractivity contribution in [2.45, 2.75) is 32.5 Å². The molecule has 2 N–H and O–H groups in total. The predicted molar refractivity (Wildman–Crippen MR) is 85.4 cm³/mol. The van der Waals surface area contributed by atoms with Crippen LogP contribution in [0.5, 0.6) is 0 Å². The Kier molecular flexibility index (Phi) is 5.52. The SMILES string of the molecule is CC[C@H](N)C(=O)N(Cc1ccccc1)Cc1ccccc1. The first-order valence-corrected chi connectivity index (χ1v) is 7.33. The largest absolute Gasteiger partial charge is 0.333 e. The standard InChI is InChI=1S/C18H22N2O/c1-2-17(19)18(21)20(13-15-9-5-3-6-10-15)14-16-11-7-4-8-12-16/h3-12,17H,2,13-14,19H2,1H3/t17-/m0/s1. The van der Waals surface area contributed by atoms with E-state index in [9.17, 15) is 4.79 Å². The minimum absolute atomic E-state index is 0.00482. The molecule has 0 aliphatic rings. The smallest absolute Gasteiger partial charge is 0.240 e. The predicted octanol–water partition coefficient (Wildman–Crippen LogP) is 2.95. The average molecular weight is 282 g/mol. The van der Waals surface area contributed by atoms with Gasteiger partial charge in [0.15, 0.2) is 0 Å². The Morgan fingerprint density at radius 1 is 0.952 bits per heavy atom. The molecular weight excluding hydrogens is 260 g/mol. The molecule has 0 saturated heterocycles. The van der Waals surface area contributed by atoms with Gasteiger partial charge in [-0.3, -0.25) is 4.79 Å². The Balaban J connectivity index is 2.16. The van der Waals surface area contributed by atoms with E-state index < -0.39 is 6.04 Å². The van der Waals surface area contributed by atoms with Crippen molar-refractivity contribution in [3.63, 3.8) is 0 Å². The first-order valence-electron chi connectivity index (χ1n) is 7.33. The number of carbonyl (C=O) groups is 1. The van der Waals surface area contributed by atoms with E-state index in [0.29, 0.717) is 19.5 Å². The summed E-state index contributed by atoms with van der Waals surface area (Å²) in [4.78, 5) is 14.3. The molecule has 110 valence electrons. The van der Waals surface area contributed by atoms with Gasteiger partial charge < -0.3 is 10.6 Å². The number of hydrogen-bond donors (Lipinski definition) is 1.